The molecule has 31 heavy (non-hydrogen) atoms. The minimum absolute atomic E-state index is 0.324. The summed E-state index contributed by atoms with van der Waals surface area (Å²) in [6.45, 7) is 4.58. The first kappa shape index (κ1) is 21.9. The smallest absolute Gasteiger partial charge is 0.271 e. The molecule has 0 saturated heterocycles. The van der Waals surface area contributed by atoms with Crippen LogP contribution in [0.1, 0.15) is 32.6 Å². The van der Waals surface area contributed by atoms with Crippen LogP contribution in [0.25, 0.3) is 0 Å². The molecule has 0 fully saturated rings. The Balaban J connectivity index is 1.65. The van der Waals surface area contributed by atoms with Crippen LogP contribution in [0.15, 0.2) is 65.8 Å². The van der Waals surface area contributed by atoms with E-state index in [1.165, 1.54) is 11.1 Å². The first-order valence-electron chi connectivity index (χ1n) is 9.84. The predicted octanol–water partition coefficient (Wildman–Crippen LogP) is 4.66. The van der Waals surface area contributed by atoms with Crippen LogP contribution in [0.2, 0.25) is 0 Å². The Bertz CT molecular complexity index is 1090. The zero-order chi connectivity index (χ0) is 22.2. The highest BCUT2D eigenvalue weighted by molar-refractivity contribution is 5.95. The van der Waals surface area contributed by atoms with E-state index in [4.69, 9.17) is 14.2 Å². The zero-order valence-electron chi connectivity index (χ0n) is 18.1. The predicted molar refractivity (Wildman–Crippen MR) is 121 cm³/mol. The lowest BCUT2D eigenvalue weighted by atomic mass is 10.1. The van der Waals surface area contributed by atoms with Crippen molar-refractivity contribution >= 4 is 12.1 Å². The molecule has 0 aliphatic carbocycles. The Hall–Kier alpha value is -3.80. The second-order valence-corrected chi connectivity index (χ2v) is 7.06. The van der Waals surface area contributed by atoms with Gasteiger partial charge in [-0.05, 0) is 66.9 Å². The molecule has 6 nitrogen and oxygen atoms in total. The monoisotopic (exact) mass is 418 g/mol. The molecule has 160 valence electrons. The lowest BCUT2D eigenvalue weighted by Gasteiger charge is -2.13. The third-order valence-electron chi connectivity index (χ3n) is 4.79. The number of nitrogens with zero attached hydrogens (tertiary/aromatic N) is 1. The van der Waals surface area contributed by atoms with E-state index >= 15 is 0 Å². The molecule has 1 N–H and O–H groups in total. The number of benzene rings is 3. The first-order valence-corrected chi connectivity index (χ1v) is 9.84. The minimum Gasteiger partial charge on any atom is -0.497 e. The number of methoxy groups -OCH3 is 2. The first-order chi connectivity index (χ1) is 15.0. The van der Waals surface area contributed by atoms with Gasteiger partial charge < -0.3 is 14.2 Å². The van der Waals surface area contributed by atoms with E-state index in [1.807, 2.05) is 12.1 Å². The molecule has 1 amide bonds. The van der Waals surface area contributed by atoms with Gasteiger partial charge in [0.05, 0.1) is 20.4 Å². The summed E-state index contributed by atoms with van der Waals surface area (Å²) in [6.07, 6.45) is 1.55. The molecule has 0 spiro atoms. The van der Waals surface area contributed by atoms with E-state index in [0.717, 1.165) is 11.1 Å². The van der Waals surface area contributed by atoms with Crippen molar-refractivity contribution in [2.24, 2.45) is 5.10 Å². The Labute approximate surface area is 182 Å². The number of hydrogen-bond acceptors (Lipinski definition) is 5. The van der Waals surface area contributed by atoms with E-state index < -0.39 is 0 Å². The normalized spacial score (nSPS) is 10.7. The van der Waals surface area contributed by atoms with Crippen LogP contribution in [0.3, 0.4) is 0 Å². The molecule has 0 aliphatic heterocycles. The van der Waals surface area contributed by atoms with Crippen molar-refractivity contribution < 1.29 is 19.0 Å². The highest BCUT2D eigenvalue weighted by Crippen LogP contribution is 2.28. The van der Waals surface area contributed by atoms with Gasteiger partial charge in [-0.25, -0.2) is 5.43 Å². The second kappa shape index (κ2) is 10.3. The van der Waals surface area contributed by atoms with Crippen molar-refractivity contribution in [2.45, 2.75) is 20.5 Å². The Morgan fingerprint density at radius 3 is 2.58 bits per heavy atom. The maximum atomic E-state index is 12.2. The summed E-state index contributed by atoms with van der Waals surface area (Å²) in [6, 6.07) is 18.6. The summed E-state index contributed by atoms with van der Waals surface area (Å²) < 4.78 is 16.6. The van der Waals surface area contributed by atoms with Gasteiger partial charge in [0.25, 0.3) is 5.91 Å². The van der Waals surface area contributed by atoms with Crippen LogP contribution < -0.4 is 19.6 Å². The van der Waals surface area contributed by atoms with Crippen molar-refractivity contribution in [2.75, 3.05) is 14.2 Å². The Morgan fingerprint density at radius 2 is 1.81 bits per heavy atom. The molecule has 0 radical (unpaired) electrons. The van der Waals surface area contributed by atoms with Gasteiger partial charge in [-0.3, -0.25) is 4.79 Å². The lowest BCUT2D eigenvalue weighted by Crippen LogP contribution is -2.17. The second-order valence-electron chi connectivity index (χ2n) is 7.06. The molecule has 6 heteroatoms. The quantitative estimate of drug-likeness (QED) is 0.427. The van der Waals surface area contributed by atoms with Crippen LogP contribution in [0.5, 0.6) is 17.2 Å². The third-order valence-corrected chi connectivity index (χ3v) is 4.79. The molecular weight excluding hydrogens is 392 g/mol. The van der Waals surface area contributed by atoms with Crippen molar-refractivity contribution in [3.05, 3.63) is 88.5 Å². The van der Waals surface area contributed by atoms with Gasteiger partial charge in [-0.1, -0.05) is 29.8 Å². The van der Waals surface area contributed by atoms with E-state index in [1.54, 1.807) is 50.8 Å². The van der Waals surface area contributed by atoms with E-state index in [2.05, 4.69) is 42.6 Å². The van der Waals surface area contributed by atoms with Crippen molar-refractivity contribution in [3.63, 3.8) is 0 Å². The molecule has 3 aromatic rings. The standard InChI is InChI=1S/C25H26N2O4/c1-17-8-9-18(2)21(12-17)16-31-23-11-10-19(13-24(23)30-4)15-26-27-25(28)20-6-5-7-22(14-20)29-3/h5-15H,16H2,1-4H3,(H,27,28)/b26-15+. The van der Waals surface area contributed by atoms with Crippen LogP contribution >= 0.6 is 0 Å². The van der Waals surface area contributed by atoms with Gasteiger partial charge in [-0.2, -0.15) is 5.10 Å². The van der Waals surface area contributed by atoms with Gasteiger partial charge in [0.15, 0.2) is 11.5 Å². The number of hydrazone groups is 1. The Kier molecular flexibility index (Phi) is 7.27. The third kappa shape index (κ3) is 5.85. The molecule has 0 aliphatic rings. The molecule has 3 rings (SSSR count). The van der Waals surface area contributed by atoms with Gasteiger partial charge in [0, 0.05) is 5.56 Å². The number of carbonyl (C=O) groups is 1. The molecule has 3 aromatic carbocycles. The fraction of sp³-hybridized carbons (Fsp3) is 0.200. The van der Waals surface area contributed by atoms with Gasteiger partial charge in [-0.15, -0.1) is 0 Å². The van der Waals surface area contributed by atoms with Crippen LogP contribution in [-0.4, -0.2) is 26.3 Å². The van der Waals surface area contributed by atoms with Gasteiger partial charge >= 0.3 is 0 Å². The molecule has 0 saturated carbocycles. The summed E-state index contributed by atoms with van der Waals surface area (Å²) in [5.41, 5.74) is 7.25. The number of rotatable bonds is 8. The Morgan fingerprint density at radius 1 is 0.968 bits per heavy atom. The summed E-state index contributed by atoms with van der Waals surface area (Å²) in [5, 5.41) is 4.03. The van der Waals surface area contributed by atoms with Gasteiger partial charge in [0.2, 0.25) is 0 Å². The number of aryl methyl sites for hydroxylation is 2. The fourth-order valence-corrected chi connectivity index (χ4v) is 2.99. The van der Waals surface area contributed by atoms with Crippen molar-refractivity contribution in [1.82, 2.24) is 5.43 Å². The van der Waals surface area contributed by atoms with Crippen LogP contribution in [-0.2, 0) is 6.61 Å². The largest absolute Gasteiger partial charge is 0.497 e. The van der Waals surface area contributed by atoms with Crippen molar-refractivity contribution in [1.29, 1.82) is 0 Å². The molecule has 0 bridgehead atoms. The molecule has 0 heterocycles. The average Bonchev–Trinajstić information content (AvgIpc) is 2.80. The van der Waals surface area contributed by atoms with Gasteiger partial charge in [0.1, 0.15) is 12.4 Å². The fourth-order valence-electron chi connectivity index (χ4n) is 2.99. The van der Waals surface area contributed by atoms with Crippen LogP contribution in [0, 0.1) is 13.8 Å². The molecule has 0 atom stereocenters. The maximum absolute atomic E-state index is 12.2. The minimum atomic E-state index is -0.324. The molecular formula is C25H26N2O4. The van der Waals surface area contributed by atoms with E-state index in [9.17, 15) is 4.79 Å². The topological polar surface area (TPSA) is 69.2 Å². The number of nitrogens with one attached hydrogen (secondary N) is 1. The summed E-state index contributed by atoms with van der Waals surface area (Å²) in [4.78, 5) is 12.2. The molecule has 0 unspecified atom stereocenters. The van der Waals surface area contributed by atoms with E-state index in [-0.39, 0.29) is 5.91 Å². The summed E-state index contributed by atoms with van der Waals surface area (Å²) in [7, 11) is 3.14. The number of ether oxygens (including phenoxy) is 3. The number of amides is 1. The number of carbonyl (C=O) groups excluding carboxylic acids is 1. The van der Waals surface area contributed by atoms with Crippen molar-refractivity contribution in [3.8, 4) is 17.2 Å². The zero-order valence-corrected chi connectivity index (χ0v) is 18.1. The lowest BCUT2D eigenvalue weighted by molar-refractivity contribution is 0.0955. The summed E-state index contributed by atoms with van der Waals surface area (Å²) >= 11 is 0. The highest BCUT2D eigenvalue weighted by Gasteiger charge is 2.08. The average molecular weight is 418 g/mol. The maximum Gasteiger partial charge on any atom is 0.271 e. The molecule has 0 aromatic heterocycles. The SMILES string of the molecule is COc1cccc(C(=O)N/N=C/c2ccc(OCc3cc(C)ccc3C)c(OC)c2)c1. The van der Waals surface area contributed by atoms with Crippen LogP contribution in [0.4, 0.5) is 0 Å². The number of hydrogen-bond donors (Lipinski definition) is 1. The highest BCUT2D eigenvalue weighted by atomic mass is 16.5. The van der Waals surface area contributed by atoms with E-state index in [0.29, 0.717) is 29.4 Å². The summed E-state index contributed by atoms with van der Waals surface area (Å²) in [5.74, 6) is 1.52.